The van der Waals surface area contributed by atoms with Crippen molar-refractivity contribution in [1.82, 2.24) is 4.90 Å². The Labute approximate surface area is 169 Å². The number of benzene rings is 2. The smallest absolute Gasteiger partial charge is 0.387 e. The van der Waals surface area contributed by atoms with Gasteiger partial charge in [0.2, 0.25) is 5.91 Å². The maximum Gasteiger partial charge on any atom is 0.387 e. The third kappa shape index (κ3) is 6.90. The highest BCUT2D eigenvalue weighted by molar-refractivity contribution is 5.93. The van der Waals surface area contributed by atoms with E-state index in [1.165, 1.54) is 13.2 Å². The second-order valence-electron chi connectivity index (χ2n) is 6.32. The van der Waals surface area contributed by atoms with E-state index in [0.717, 1.165) is 12.0 Å². The molecule has 8 heteroatoms. The molecule has 0 atom stereocenters. The third-order valence-corrected chi connectivity index (χ3v) is 4.14. The fraction of sp³-hybridized carbons (Fsp3) is 0.381. The van der Waals surface area contributed by atoms with E-state index in [1.807, 2.05) is 24.0 Å². The van der Waals surface area contributed by atoms with E-state index in [0.29, 0.717) is 24.5 Å². The van der Waals surface area contributed by atoms with Crippen LogP contribution in [0.4, 0.5) is 14.5 Å². The van der Waals surface area contributed by atoms with Crippen LogP contribution in [0.1, 0.15) is 18.9 Å². The molecule has 0 saturated carbocycles. The Bertz CT molecular complexity index is 802. The molecule has 0 heterocycles. The van der Waals surface area contributed by atoms with Gasteiger partial charge in [-0.2, -0.15) is 8.78 Å². The standard InChI is InChI=1S/C21H26F2N2O4/c1-4-11-25(14-20(26)24-16-7-5-6-8-17(16)27-2)13-15-9-10-18(29-21(22)23)19(12-15)28-3/h5-10,12,21H,4,11,13-14H2,1-3H3,(H,24,26). The lowest BCUT2D eigenvalue weighted by molar-refractivity contribution is -0.117. The van der Waals surface area contributed by atoms with E-state index in [4.69, 9.17) is 9.47 Å². The van der Waals surface area contributed by atoms with Crippen molar-refractivity contribution in [3.63, 3.8) is 0 Å². The highest BCUT2D eigenvalue weighted by atomic mass is 19.3. The molecule has 0 aliphatic heterocycles. The van der Waals surface area contributed by atoms with Crippen molar-refractivity contribution >= 4 is 11.6 Å². The normalized spacial score (nSPS) is 10.9. The highest BCUT2D eigenvalue weighted by Crippen LogP contribution is 2.30. The van der Waals surface area contributed by atoms with Crippen molar-refractivity contribution in [2.75, 3.05) is 32.6 Å². The topological polar surface area (TPSA) is 60.0 Å². The molecule has 0 bridgehead atoms. The summed E-state index contributed by atoms with van der Waals surface area (Å²) in [6.45, 7) is 0.412. The molecule has 2 aromatic rings. The summed E-state index contributed by atoms with van der Waals surface area (Å²) in [5.74, 6) is 0.606. The second kappa shape index (κ2) is 11.2. The molecule has 158 valence electrons. The second-order valence-corrected chi connectivity index (χ2v) is 6.32. The van der Waals surface area contributed by atoms with Crippen molar-refractivity contribution in [1.29, 1.82) is 0 Å². The molecule has 0 unspecified atom stereocenters. The number of halogens is 2. The van der Waals surface area contributed by atoms with Crippen molar-refractivity contribution in [3.8, 4) is 17.2 Å². The summed E-state index contributed by atoms with van der Waals surface area (Å²) in [6.07, 6.45) is 0.853. The van der Waals surface area contributed by atoms with Crippen LogP contribution in [0.25, 0.3) is 0 Å². The SMILES string of the molecule is CCCN(CC(=O)Nc1ccccc1OC)Cc1ccc(OC(F)F)c(OC)c1. The van der Waals surface area contributed by atoms with Gasteiger partial charge in [0.1, 0.15) is 5.75 Å². The molecule has 0 radical (unpaired) electrons. The highest BCUT2D eigenvalue weighted by Gasteiger charge is 2.15. The summed E-state index contributed by atoms with van der Waals surface area (Å²) < 4.78 is 39.8. The van der Waals surface area contributed by atoms with Gasteiger partial charge in [-0.1, -0.05) is 25.1 Å². The number of rotatable bonds is 11. The van der Waals surface area contributed by atoms with Gasteiger partial charge in [0.15, 0.2) is 11.5 Å². The molecule has 0 saturated heterocycles. The van der Waals surface area contributed by atoms with Gasteiger partial charge >= 0.3 is 6.61 Å². The van der Waals surface area contributed by atoms with Gasteiger partial charge in [-0.05, 0) is 42.8 Å². The van der Waals surface area contributed by atoms with Crippen molar-refractivity contribution in [2.24, 2.45) is 0 Å². The minimum absolute atomic E-state index is 0.0257. The number of anilines is 1. The molecular formula is C21H26F2N2O4. The van der Waals surface area contributed by atoms with E-state index in [-0.39, 0.29) is 24.0 Å². The molecule has 0 aliphatic carbocycles. The van der Waals surface area contributed by atoms with E-state index in [2.05, 4.69) is 10.1 Å². The first-order chi connectivity index (χ1) is 14.0. The minimum atomic E-state index is -2.93. The van der Waals surface area contributed by atoms with E-state index < -0.39 is 6.61 Å². The van der Waals surface area contributed by atoms with Gasteiger partial charge < -0.3 is 19.5 Å². The fourth-order valence-electron chi connectivity index (χ4n) is 2.93. The fourth-order valence-corrected chi connectivity index (χ4v) is 2.93. The average molecular weight is 408 g/mol. The molecule has 29 heavy (non-hydrogen) atoms. The molecule has 1 N–H and O–H groups in total. The Balaban J connectivity index is 2.06. The van der Waals surface area contributed by atoms with E-state index in [1.54, 1.807) is 31.4 Å². The zero-order valence-electron chi connectivity index (χ0n) is 16.8. The zero-order chi connectivity index (χ0) is 21.2. The lowest BCUT2D eigenvalue weighted by Gasteiger charge is -2.22. The van der Waals surface area contributed by atoms with Crippen LogP contribution in [0.15, 0.2) is 42.5 Å². The van der Waals surface area contributed by atoms with Gasteiger partial charge in [-0.3, -0.25) is 9.69 Å². The van der Waals surface area contributed by atoms with Crippen molar-refractivity contribution < 1.29 is 27.8 Å². The number of amides is 1. The molecule has 0 aromatic heterocycles. The molecule has 1 amide bonds. The maximum atomic E-state index is 12.5. The molecule has 6 nitrogen and oxygen atoms in total. The summed E-state index contributed by atoms with van der Waals surface area (Å²) in [6, 6.07) is 11.9. The quantitative estimate of drug-likeness (QED) is 0.605. The Morgan fingerprint density at radius 3 is 2.45 bits per heavy atom. The molecular weight excluding hydrogens is 382 g/mol. The first-order valence-corrected chi connectivity index (χ1v) is 9.23. The van der Waals surface area contributed by atoms with Crippen LogP contribution in [0, 0.1) is 0 Å². The van der Waals surface area contributed by atoms with Crippen LogP contribution in [-0.2, 0) is 11.3 Å². The number of carbonyl (C=O) groups is 1. The number of methoxy groups -OCH3 is 2. The largest absolute Gasteiger partial charge is 0.495 e. The number of alkyl halides is 2. The lowest BCUT2D eigenvalue weighted by atomic mass is 10.1. The molecule has 0 fully saturated rings. The molecule has 2 rings (SSSR count). The zero-order valence-corrected chi connectivity index (χ0v) is 16.8. The number of carbonyl (C=O) groups excluding carboxylic acids is 1. The van der Waals surface area contributed by atoms with Crippen LogP contribution in [0.5, 0.6) is 17.2 Å². The van der Waals surface area contributed by atoms with Crippen LogP contribution in [-0.4, -0.2) is 44.7 Å². The maximum absolute atomic E-state index is 12.5. The average Bonchev–Trinajstić information content (AvgIpc) is 2.69. The van der Waals surface area contributed by atoms with E-state index in [9.17, 15) is 13.6 Å². The van der Waals surface area contributed by atoms with E-state index >= 15 is 0 Å². The summed E-state index contributed by atoms with van der Waals surface area (Å²) in [5, 5.41) is 2.86. The predicted molar refractivity (Wildman–Crippen MR) is 107 cm³/mol. The van der Waals surface area contributed by atoms with Gasteiger partial charge in [-0.15, -0.1) is 0 Å². The first-order valence-electron chi connectivity index (χ1n) is 9.23. The van der Waals surface area contributed by atoms with Crippen molar-refractivity contribution in [2.45, 2.75) is 26.5 Å². The minimum Gasteiger partial charge on any atom is -0.495 e. The van der Waals surface area contributed by atoms with Gasteiger partial charge in [0.05, 0.1) is 26.5 Å². The van der Waals surface area contributed by atoms with Crippen molar-refractivity contribution in [3.05, 3.63) is 48.0 Å². The number of nitrogens with zero attached hydrogens (tertiary/aromatic N) is 1. The summed E-state index contributed by atoms with van der Waals surface area (Å²) in [4.78, 5) is 14.5. The third-order valence-electron chi connectivity index (χ3n) is 4.14. The van der Waals surface area contributed by atoms with Crippen LogP contribution >= 0.6 is 0 Å². The monoisotopic (exact) mass is 408 g/mol. The Hall–Kier alpha value is -2.87. The molecule has 0 spiro atoms. The Morgan fingerprint density at radius 1 is 1.07 bits per heavy atom. The molecule has 2 aromatic carbocycles. The number of ether oxygens (including phenoxy) is 3. The molecule has 0 aliphatic rings. The van der Waals surface area contributed by atoms with Gasteiger partial charge in [0.25, 0.3) is 0 Å². The van der Waals surface area contributed by atoms with Crippen LogP contribution in [0.2, 0.25) is 0 Å². The summed E-state index contributed by atoms with van der Waals surface area (Å²) >= 11 is 0. The first kappa shape index (κ1) is 22.4. The number of hydrogen-bond donors (Lipinski definition) is 1. The van der Waals surface area contributed by atoms with Gasteiger partial charge in [-0.25, -0.2) is 0 Å². The number of hydrogen-bond acceptors (Lipinski definition) is 5. The van der Waals surface area contributed by atoms with Crippen LogP contribution in [0.3, 0.4) is 0 Å². The van der Waals surface area contributed by atoms with Gasteiger partial charge in [0, 0.05) is 6.54 Å². The summed E-state index contributed by atoms with van der Waals surface area (Å²) in [5.41, 5.74) is 1.42. The summed E-state index contributed by atoms with van der Waals surface area (Å²) in [7, 11) is 2.94. The number of nitrogens with one attached hydrogen (secondary N) is 1. The number of para-hydroxylation sites is 2. The van der Waals surface area contributed by atoms with Crippen LogP contribution < -0.4 is 19.5 Å². The Kier molecular flexibility index (Phi) is 8.67. The Morgan fingerprint density at radius 2 is 1.79 bits per heavy atom. The lowest BCUT2D eigenvalue weighted by Crippen LogP contribution is -2.33. The predicted octanol–water partition coefficient (Wildman–Crippen LogP) is 4.16.